The van der Waals surface area contributed by atoms with E-state index < -0.39 is 6.29 Å². The highest BCUT2D eigenvalue weighted by atomic mass is 16.6. The summed E-state index contributed by atoms with van der Waals surface area (Å²) in [6.07, 6.45) is 3.93. The van der Waals surface area contributed by atoms with E-state index in [0.717, 1.165) is 6.54 Å². The van der Waals surface area contributed by atoms with Crippen molar-refractivity contribution in [1.82, 2.24) is 4.90 Å². The molecular formula is C19H22N2O2. The summed E-state index contributed by atoms with van der Waals surface area (Å²) in [5, 5.41) is 14.6. The molecule has 2 N–H and O–H groups in total. The zero-order valence-electron chi connectivity index (χ0n) is 13.1. The molecule has 4 heteroatoms. The van der Waals surface area contributed by atoms with Crippen molar-refractivity contribution < 1.29 is 9.84 Å². The summed E-state index contributed by atoms with van der Waals surface area (Å²) in [6.45, 7) is 2.79. The van der Waals surface area contributed by atoms with Crippen LogP contribution in [0.1, 0.15) is 18.4 Å². The van der Waals surface area contributed by atoms with Crippen molar-refractivity contribution in [1.29, 1.82) is 0 Å². The third-order valence-electron chi connectivity index (χ3n) is 7.27. The van der Waals surface area contributed by atoms with E-state index >= 15 is 0 Å². The van der Waals surface area contributed by atoms with Gasteiger partial charge in [-0.3, -0.25) is 4.90 Å². The Labute approximate surface area is 136 Å². The lowest BCUT2D eigenvalue weighted by Gasteiger charge is -2.55. The molecule has 6 rings (SSSR count). The molecule has 1 saturated carbocycles. The molecule has 1 spiro atoms. The molecule has 3 fully saturated rings. The number of aliphatic hydroxyl groups is 1. The molecule has 0 radical (unpaired) electrons. The lowest BCUT2D eigenvalue weighted by molar-refractivity contribution is -0.152. The molecule has 4 aliphatic heterocycles. The minimum absolute atomic E-state index is 0.151. The first kappa shape index (κ1) is 13.0. The maximum atomic E-state index is 10.8. The Morgan fingerprint density at radius 3 is 3.17 bits per heavy atom. The summed E-state index contributed by atoms with van der Waals surface area (Å²) in [6, 6.07) is 9.68. The zero-order chi connectivity index (χ0) is 15.2. The van der Waals surface area contributed by atoms with Crippen molar-refractivity contribution in [3.63, 3.8) is 0 Å². The van der Waals surface area contributed by atoms with Crippen LogP contribution in [-0.2, 0) is 10.2 Å². The highest BCUT2D eigenvalue weighted by Crippen LogP contribution is 2.62. The summed E-state index contributed by atoms with van der Waals surface area (Å²) in [5.74, 6) is 0.624. The number of piperidine rings is 1. The molecule has 6 atom stereocenters. The fourth-order valence-electron chi connectivity index (χ4n) is 6.45. The van der Waals surface area contributed by atoms with Crippen LogP contribution in [-0.4, -0.2) is 48.1 Å². The monoisotopic (exact) mass is 310 g/mol. The number of ether oxygens (including phenoxy) is 1. The average Bonchev–Trinajstić information content (AvgIpc) is 3.06. The van der Waals surface area contributed by atoms with Gasteiger partial charge < -0.3 is 15.2 Å². The summed E-state index contributed by atoms with van der Waals surface area (Å²) >= 11 is 0. The Morgan fingerprint density at radius 2 is 2.22 bits per heavy atom. The Balaban J connectivity index is 1.59. The number of para-hydroxylation sites is 1. The number of benzene rings is 1. The number of rotatable bonds is 0. The second-order valence-electron chi connectivity index (χ2n) is 7.87. The molecule has 4 heterocycles. The number of fused-ring (bicyclic) bond motifs is 2. The van der Waals surface area contributed by atoms with Gasteiger partial charge in [0.2, 0.25) is 0 Å². The Hall–Kier alpha value is -1.36. The van der Waals surface area contributed by atoms with Crippen molar-refractivity contribution in [2.75, 3.05) is 25.0 Å². The highest BCUT2D eigenvalue weighted by Gasteiger charge is 2.66. The molecule has 1 aliphatic carbocycles. The molecular weight excluding hydrogens is 288 g/mol. The van der Waals surface area contributed by atoms with Gasteiger partial charge in [-0.1, -0.05) is 29.8 Å². The van der Waals surface area contributed by atoms with Crippen LogP contribution in [0.4, 0.5) is 5.69 Å². The van der Waals surface area contributed by atoms with Crippen LogP contribution in [0.25, 0.3) is 0 Å². The Morgan fingerprint density at radius 1 is 1.30 bits per heavy atom. The van der Waals surface area contributed by atoms with Gasteiger partial charge in [0, 0.05) is 35.6 Å². The molecule has 0 unspecified atom stereocenters. The molecule has 120 valence electrons. The largest absolute Gasteiger partial charge is 0.381 e. The maximum Gasteiger partial charge on any atom is 0.160 e. The molecule has 5 aliphatic rings. The van der Waals surface area contributed by atoms with Gasteiger partial charge in [-0.25, -0.2) is 0 Å². The summed E-state index contributed by atoms with van der Waals surface area (Å²) < 4.78 is 5.75. The van der Waals surface area contributed by atoms with Crippen LogP contribution in [0, 0.1) is 11.8 Å². The third-order valence-corrected chi connectivity index (χ3v) is 7.27. The van der Waals surface area contributed by atoms with Crippen molar-refractivity contribution in [2.24, 2.45) is 11.8 Å². The van der Waals surface area contributed by atoms with E-state index in [0.29, 0.717) is 18.6 Å². The summed E-state index contributed by atoms with van der Waals surface area (Å²) in [7, 11) is 0. The van der Waals surface area contributed by atoms with Gasteiger partial charge in [0.25, 0.3) is 0 Å². The lowest BCUT2D eigenvalue weighted by Crippen LogP contribution is -2.64. The molecule has 1 aromatic rings. The van der Waals surface area contributed by atoms with E-state index in [9.17, 15) is 5.11 Å². The maximum absolute atomic E-state index is 10.8. The smallest absolute Gasteiger partial charge is 0.160 e. The second kappa shape index (κ2) is 4.18. The fraction of sp³-hybridized carbons (Fsp3) is 0.579. The summed E-state index contributed by atoms with van der Waals surface area (Å²) in [4.78, 5) is 2.69. The quantitative estimate of drug-likeness (QED) is 0.716. The topological polar surface area (TPSA) is 44.7 Å². The van der Waals surface area contributed by atoms with E-state index in [1.54, 1.807) is 0 Å². The van der Waals surface area contributed by atoms with E-state index in [-0.39, 0.29) is 17.4 Å². The number of hydrogen-bond acceptors (Lipinski definition) is 4. The third kappa shape index (κ3) is 1.40. The first-order valence-corrected chi connectivity index (χ1v) is 8.88. The predicted molar refractivity (Wildman–Crippen MR) is 87.1 cm³/mol. The van der Waals surface area contributed by atoms with Gasteiger partial charge >= 0.3 is 0 Å². The number of nitrogens with zero attached hydrogens (tertiary/aromatic N) is 1. The minimum Gasteiger partial charge on any atom is -0.381 e. The standard InChI is InChI=1S/C19H22N2O2/c22-18-16-12-9-15-19(6-7-21(15)10-11(12)5-8-23-18)13-3-1-2-4-14(13)20-17(16)19/h1-5,12,15-18,20,22H,6-10H2/t12-,15+,16+,17+,18+,19+/m0/s1. The number of anilines is 1. The van der Waals surface area contributed by atoms with Crippen molar-refractivity contribution in [3.8, 4) is 0 Å². The van der Waals surface area contributed by atoms with Crippen molar-refractivity contribution in [3.05, 3.63) is 41.5 Å². The van der Waals surface area contributed by atoms with Gasteiger partial charge in [-0.05, 0) is 36.9 Å². The molecule has 4 nitrogen and oxygen atoms in total. The Kier molecular flexibility index (Phi) is 2.36. The van der Waals surface area contributed by atoms with E-state index in [1.165, 1.54) is 36.2 Å². The van der Waals surface area contributed by atoms with Gasteiger partial charge in [0.15, 0.2) is 6.29 Å². The molecule has 23 heavy (non-hydrogen) atoms. The summed E-state index contributed by atoms with van der Waals surface area (Å²) in [5.41, 5.74) is 4.39. The molecule has 1 aromatic carbocycles. The van der Waals surface area contributed by atoms with Crippen LogP contribution in [0.15, 0.2) is 35.9 Å². The molecule has 2 bridgehead atoms. The van der Waals surface area contributed by atoms with Crippen LogP contribution in [0.2, 0.25) is 0 Å². The van der Waals surface area contributed by atoms with Crippen LogP contribution in [0.3, 0.4) is 0 Å². The van der Waals surface area contributed by atoms with Crippen LogP contribution < -0.4 is 5.32 Å². The van der Waals surface area contributed by atoms with Gasteiger partial charge in [0.05, 0.1) is 6.61 Å². The number of hydrogen-bond donors (Lipinski definition) is 2. The van der Waals surface area contributed by atoms with Crippen LogP contribution >= 0.6 is 0 Å². The van der Waals surface area contributed by atoms with Gasteiger partial charge in [0.1, 0.15) is 0 Å². The number of nitrogens with one attached hydrogen (secondary N) is 1. The first-order chi connectivity index (χ1) is 11.3. The first-order valence-electron chi connectivity index (χ1n) is 8.88. The van der Waals surface area contributed by atoms with Crippen LogP contribution in [0.5, 0.6) is 0 Å². The van der Waals surface area contributed by atoms with E-state index in [4.69, 9.17) is 4.74 Å². The lowest BCUT2D eigenvalue weighted by atomic mass is 9.55. The normalized spacial score (nSPS) is 46.5. The van der Waals surface area contributed by atoms with Gasteiger partial charge in [-0.2, -0.15) is 0 Å². The van der Waals surface area contributed by atoms with Crippen molar-refractivity contribution in [2.45, 2.75) is 36.6 Å². The average molecular weight is 310 g/mol. The zero-order valence-corrected chi connectivity index (χ0v) is 13.1. The predicted octanol–water partition coefficient (Wildman–Crippen LogP) is 1.72. The SMILES string of the molecule is O[C@@H]1OCC=C2CN3CC[C@]45c6ccccc6N[C@@H]4[C@H]1[C@H]2C[C@@H]35. The van der Waals surface area contributed by atoms with E-state index in [1.807, 2.05) is 0 Å². The highest BCUT2D eigenvalue weighted by molar-refractivity contribution is 5.65. The van der Waals surface area contributed by atoms with Gasteiger partial charge in [-0.15, -0.1) is 0 Å². The fourth-order valence-corrected chi connectivity index (χ4v) is 6.45. The van der Waals surface area contributed by atoms with E-state index in [2.05, 4.69) is 40.6 Å². The number of aliphatic hydroxyl groups excluding tert-OH is 1. The minimum atomic E-state index is -0.662. The molecule has 0 aromatic heterocycles. The molecule has 2 saturated heterocycles. The van der Waals surface area contributed by atoms with Crippen molar-refractivity contribution >= 4 is 5.69 Å². The second-order valence-corrected chi connectivity index (χ2v) is 7.87. The Bertz CT molecular complexity index is 717. The molecule has 0 amide bonds.